The van der Waals surface area contributed by atoms with E-state index in [9.17, 15) is 0 Å². The number of hydrogen-bond donors (Lipinski definition) is 0. The molecule has 0 amide bonds. The molecule has 0 aromatic rings. The van der Waals surface area contributed by atoms with Crippen molar-refractivity contribution in [3.63, 3.8) is 0 Å². The van der Waals surface area contributed by atoms with E-state index in [4.69, 9.17) is 0 Å². The molecule has 0 unspecified atom stereocenters. The monoisotopic (exact) mass is 1120 g/mol. The summed E-state index contributed by atoms with van der Waals surface area (Å²) in [4.78, 5) is 0. The fourth-order valence-corrected chi connectivity index (χ4v) is 11.9. The molecule has 0 heterocycles. The maximum atomic E-state index is 2.47. The van der Waals surface area contributed by atoms with Gasteiger partial charge in [-0.15, -0.1) is 0 Å². The molecule has 0 spiro atoms. The van der Waals surface area contributed by atoms with Crippen molar-refractivity contribution < 1.29 is 33.8 Å². The molecule has 0 N–H and O–H groups in total. The van der Waals surface area contributed by atoms with E-state index in [2.05, 4.69) is 55.9 Å². The number of nitrogens with zero attached hydrogens (tertiary/aromatic N) is 2. The van der Waals surface area contributed by atoms with Gasteiger partial charge in [0.05, 0.1) is 54.4 Å². The Morgan fingerprint density at radius 2 is 0.211 bits per heavy atom. The third-order valence-electron chi connectivity index (χ3n) is 17.5. The molecule has 0 saturated heterocycles. The molecule has 0 aromatic heterocycles. The Balaban J connectivity index is -0.000000668. The highest BCUT2D eigenvalue weighted by Crippen LogP contribution is 2.19. The summed E-state index contributed by atoms with van der Waals surface area (Å²) >= 11 is 0. The van der Waals surface area contributed by atoms with Crippen molar-refractivity contribution in [2.45, 2.75) is 413 Å². The quantitative estimate of drug-likeness (QED) is 0.0421. The van der Waals surface area contributed by atoms with Crippen LogP contribution in [0.2, 0.25) is 0 Å². The van der Waals surface area contributed by atoms with Gasteiger partial charge < -0.3 is 33.8 Å². The fourth-order valence-electron chi connectivity index (χ4n) is 11.9. The van der Waals surface area contributed by atoms with E-state index in [-0.39, 0.29) is 24.8 Å². The average molecular weight is 1120 g/mol. The van der Waals surface area contributed by atoms with Crippen molar-refractivity contribution >= 4 is 0 Å². The predicted octanol–water partition coefficient (Wildman–Crippen LogP) is 19.6. The molecule has 0 aromatic carbocycles. The minimum atomic E-state index is 0. The third-order valence-corrected chi connectivity index (χ3v) is 17.5. The van der Waals surface area contributed by atoms with E-state index in [0.29, 0.717) is 0 Å². The molecule has 0 fully saturated rings. The number of unbranched alkanes of at least 4 members (excludes halogenated alkanes) is 56. The summed E-state index contributed by atoms with van der Waals surface area (Å²) in [5.41, 5.74) is 0. The highest BCUT2D eigenvalue weighted by atomic mass is 35.5. The van der Waals surface area contributed by atoms with Crippen molar-refractivity contribution in [3.8, 4) is 0 Å². The van der Waals surface area contributed by atoms with Crippen LogP contribution in [0.5, 0.6) is 0 Å². The molecule has 4 heteroatoms. The molecule has 0 radical (unpaired) electrons. The molecule has 0 saturated carbocycles. The standard InChI is InChI=1S/C38H80N.C34H72N.2ClH/c1-5-7-9-11-13-15-17-19-21-23-25-27-29-31-33-35-37-39(3,4)38-36-34-32-30-28-26-24-22-20-18-16-14-12-10-8-6-2;1-5-7-9-11-13-15-17-19-21-23-25-27-29-31-33-35(3,4)34-32-30-28-26-24-22-20-18-16-14-12-10-8-6-2;;/h5-38H2,1-4H3;5-34H2,1-4H3;2*1H/q2*+1;;/p-2. The van der Waals surface area contributed by atoms with Crippen molar-refractivity contribution in [2.24, 2.45) is 0 Å². The summed E-state index contributed by atoms with van der Waals surface area (Å²) in [6.45, 7) is 14.8. The van der Waals surface area contributed by atoms with Gasteiger partial charge in [0.2, 0.25) is 0 Å². The van der Waals surface area contributed by atoms with E-state index in [1.54, 1.807) is 0 Å². The Kier molecular flexibility index (Phi) is 78.2. The summed E-state index contributed by atoms with van der Waals surface area (Å²) < 4.78 is 2.49. The highest BCUT2D eigenvalue weighted by Gasteiger charge is 2.15. The summed E-state index contributed by atoms with van der Waals surface area (Å²) in [6.07, 6.45) is 87.9. The van der Waals surface area contributed by atoms with Gasteiger partial charge >= 0.3 is 0 Å². The number of halogens is 2. The summed E-state index contributed by atoms with van der Waals surface area (Å²) in [5, 5.41) is 0. The zero-order chi connectivity index (χ0) is 54.3. The lowest BCUT2D eigenvalue weighted by Gasteiger charge is -2.30. The smallest absolute Gasteiger partial charge is 0.0782 e. The van der Waals surface area contributed by atoms with Crippen LogP contribution in [0.4, 0.5) is 0 Å². The lowest BCUT2D eigenvalue weighted by atomic mass is 10.0. The Morgan fingerprint density at radius 1 is 0.132 bits per heavy atom. The molecule has 0 aliphatic carbocycles. The molecule has 76 heavy (non-hydrogen) atoms. The zero-order valence-electron chi connectivity index (χ0n) is 54.9. The molecule has 2 nitrogen and oxygen atoms in total. The van der Waals surface area contributed by atoms with E-state index in [1.807, 2.05) is 0 Å². The fraction of sp³-hybridized carbons (Fsp3) is 1.00. The van der Waals surface area contributed by atoms with Crippen LogP contribution in [0, 0.1) is 0 Å². The van der Waals surface area contributed by atoms with Crippen LogP contribution in [-0.4, -0.2) is 63.3 Å². The molecule has 0 bridgehead atoms. The van der Waals surface area contributed by atoms with Gasteiger partial charge in [-0.25, -0.2) is 0 Å². The van der Waals surface area contributed by atoms with Gasteiger partial charge in [0, 0.05) is 0 Å². The lowest BCUT2D eigenvalue weighted by molar-refractivity contribution is -0.890. The first kappa shape index (κ1) is 83.0. The van der Waals surface area contributed by atoms with Crippen LogP contribution in [0.1, 0.15) is 413 Å². The van der Waals surface area contributed by atoms with Crippen LogP contribution in [0.25, 0.3) is 0 Å². The number of quaternary nitrogens is 2. The Morgan fingerprint density at radius 3 is 0.303 bits per heavy atom. The summed E-state index contributed by atoms with van der Waals surface area (Å²) in [5.74, 6) is 0. The first-order valence-electron chi connectivity index (χ1n) is 35.9. The normalized spacial score (nSPS) is 11.7. The first-order chi connectivity index (χ1) is 36.2. The van der Waals surface area contributed by atoms with Gasteiger partial charge in [-0.1, -0.05) is 362 Å². The van der Waals surface area contributed by atoms with Gasteiger partial charge in [-0.05, 0) is 51.4 Å². The van der Waals surface area contributed by atoms with Crippen molar-refractivity contribution in [1.29, 1.82) is 0 Å². The molecular formula is C72H152Cl2N2. The second-order valence-electron chi connectivity index (χ2n) is 26.6. The van der Waals surface area contributed by atoms with E-state index < -0.39 is 0 Å². The molecule has 0 rings (SSSR count). The largest absolute Gasteiger partial charge is 1.00 e. The van der Waals surface area contributed by atoms with Gasteiger partial charge in [-0.3, -0.25) is 0 Å². The minimum absolute atomic E-state index is 0. The maximum absolute atomic E-state index is 2.47. The van der Waals surface area contributed by atoms with Crippen molar-refractivity contribution in [2.75, 3.05) is 54.4 Å². The van der Waals surface area contributed by atoms with Gasteiger partial charge in [-0.2, -0.15) is 0 Å². The topological polar surface area (TPSA) is 0 Å². The average Bonchev–Trinajstić information content (AvgIpc) is 3.38. The second kappa shape index (κ2) is 71.6. The Hall–Kier alpha value is 0.500. The Bertz CT molecular complexity index is 896. The summed E-state index contributed by atoms with van der Waals surface area (Å²) in [6, 6.07) is 0. The van der Waals surface area contributed by atoms with Crippen LogP contribution >= 0.6 is 0 Å². The number of hydrogen-bond acceptors (Lipinski definition) is 0. The zero-order valence-corrected chi connectivity index (χ0v) is 56.4. The van der Waals surface area contributed by atoms with E-state index in [1.165, 1.54) is 420 Å². The lowest BCUT2D eigenvalue weighted by Crippen LogP contribution is -3.00. The number of rotatable bonds is 64. The van der Waals surface area contributed by atoms with Crippen molar-refractivity contribution in [1.82, 2.24) is 0 Å². The first-order valence-corrected chi connectivity index (χ1v) is 35.9. The molecule has 464 valence electrons. The SMILES string of the molecule is CCCCCCCCCCCCCCCCCC[N+](C)(C)CCCCCCCCCCCCCCCCCC.CCCCCCCCCCCCCCCC[N+](C)(C)CCCCCCCCCCCCCCCC.[Cl-].[Cl-]. The van der Waals surface area contributed by atoms with Crippen LogP contribution in [0.15, 0.2) is 0 Å². The minimum Gasteiger partial charge on any atom is -1.00 e. The summed E-state index contributed by atoms with van der Waals surface area (Å²) in [7, 11) is 9.86. The highest BCUT2D eigenvalue weighted by molar-refractivity contribution is 4.55. The van der Waals surface area contributed by atoms with Crippen molar-refractivity contribution in [3.05, 3.63) is 0 Å². The Labute approximate surface area is 498 Å². The van der Waals surface area contributed by atoms with Crippen LogP contribution in [0.3, 0.4) is 0 Å². The van der Waals surface area contributed by atoms with Crippen LogP contribution in [-0.2, 0) is 0 Å². The molecule has 0 atom stereocenters. The molecular weight excluding hydrogens is 964 g/mol. The van der Waals surface area contributed by atoms with E-state index >= 15 is 0 Å². The van der Waals surface area contributed by atoms with Gasteiger partial charge in [0.25, 0.3) is 0 Å². The van der Waals surface area contributed by atoms with E-state index in [0.717, 1.165) is 0 Å². The van der Waals surface area contributed by atoms with Crippen LogP contribution < -0.4 is 24.8 Å². The predicted molar refractivity (Wildman–Crippen MR) is 343 cm³/mol. The third kappa shape index (κ3) is 76.6. The second-order valence-corrected chi connectivity index (χ2v) is 26.6. The van der Waals surface area contributed by atoms with Gasteiger partial charge in [0.1, 0.15) is 0 Å². The molecule has 0 aliphatic rings. The maximum Gasteiger partial charge on any atom is 0.0782 e. The van der Waals surface area contributed by atoms with Gasteiger partial charge in [0.15, 0.2) is 0 Å². The molecule has 0 aliphatic heterocycles.